The average molecular weight is 264 g/mol. The topological polar surface area (TPSA) is 78.1 Å². The van der Waals surface area contributed by atoms with Gasteiger partial charge in [0.15, 0.2) is 0 Å². The summed E-state index contributed by atoms with van der Waals surface area (Å²) in [5.41, 5.74) is 0.534. The first-order valence-electron chi connectivity index (χ1n) is 6.72. The van der Waals surface area contributed by atoms with Crippen molar-refractivity contribution in [2.24, 2.45) is 0 Å². The zero-order valence-corrected chi connectivity index (χ0v) is 11.2. The van der Waals surface area contributed by atoms with E-state index in [9.17, 15) is 9.59 Å². The van der Waals surface area contributed by atoms with E-state index >= 15 is 0 Å². The second-order valence-electron chi connectivity index (χ2n) is 4.89. The van der Waals surface area contributed by atoms with E-state index in [0.717, 1.165) is 32.2 Å². The van der Waals surface area contributed by atoms with Crippen LogP contribution in [0.15, 0.2) is 12.5 Å². The molecule has 6 heteroatoms. The lowest BCUT2D eigenvalue weighted by Crippen LogP contribution is -2.45. The number of amides is 2. The van der Waals surface area contributed by atoms with Gasteiger partial charge in [-0.15, -0.1) is 0 Å². The van der Waals surface area contributed by atoms with Crippen molar-refractivity contribution >= 4 is 11.8 Å². The molecule has 1 aromatic rings. The van der Waals surface area contributed by atoms with Gasteiger partial charge in [0, 0.05) is 26.1 Å². The van der Waals surface area contributed by atoms with Crippen molar-refractivity contribution in [2.45, 2.75) is 38.6 Å². The molecule has 0 aromatic carbocycles. The van der Waals surface area contributed by atoms with Gasteiger partial charge in [0.25, 0.3) is 5.91 Å². The highest BCUT2D eigenvalue weighted by atomic mass is 16.2. The van der Waals surface area contributed by atoms with Crippen LogP contribution in [0.4, 0.5) is 0 Å². The number of rotatable bonds is 4. The predicted octanol–water partition coefficient (Wildman–Crippen LogP) is 0.931. The molecule has 1 aromatic heterocycles. The minimum atomic E-state index is -0.0257. The van der Waals surface area contributed by atoms with Gasteiger partial charge in [-0.2, -0.15) is 0 Å². The summed E-state index contributed by atoms with van der Waals surface area (Å²) in [4.78, 5) is 31.9. The number of likely N-dealkylation sites (tertiary alicyclic amines) is 1. The van der Waals surface area contributed by atoms with E-state index in [1.165, 1.54) is 13.3 Å². The minimum Gasteiger partial charge on any atom is -0.356 e. The molecule has 1 saturated heterocycles. The van der Waals surface area contributed by atoms with Crippen molar-refractivity contribution in [1.29, 1.82) is 0 Å². The van der Waals surface area contributed by atoms with Crippen LogP contribution in [-0.2, 0) is 4.79 Å². The fourth-order valence-corrected chi connectivity index (χ4v) is 2.51. The third kappa shape index (κ3) is 3.56. The highest BCUT2D eigenvalue weighted by Crippen LogP contribution is 2.21. The van der Waals surface area contributed by atoms with Crippen molar-refractivity contribution in [2.75, 3.05) is 13.1 Å². The molecule has 1 atom stereocenters. The van der Waals surface area contributed by atoms with Crippen LogP contribution in [0.1, 0.15) is 43.1 Å². The third-order valence-corrected chi connectivity index (χ3v) is 3.47. The third-order valence-electron chi connectivity index (χ3n) is 3.47. The second kappa shape index (κ2) is 6.36. The van der Waals surface area contributed by atoms with Crippen molar-refractivity contribution in [1.82, 2.24) is 20.2 Å². The Morgan fingerprint density at radius 1 is 1.53 bits per heavy atom. The quantitative estimate of drug-likeness (QED) is 0.849. The smallest absolute Gasteiger partial charge is 0.272 e. The van der Waals surface area contributed by atoms with Gasteiger partial charge >= 0.3 is 0 Å². The lowest BCUT2D eigenvalue weighted by molar-refractivity contribution is -0.119. The number of nitrogens with one attached hydrogen (secondary N) is 2. The molecule has 104 valence electrons. The van der Waals surface area contributed by atoms with Crippen LogP contribution in [0.5, 0.6) is 0 Å². The summed E-state index contributed by atoms with van der Waals surface area (Å²) in [5, 5.41) is 2.79. The molecule has 0 aliphatic carbocycles. The standard InChI is InChI=1S/C13H20N4O2/c1-10(18)15-6-5-11-4-2-3-7-17(11)13(19)12-8-14-9-16-12/h8-9,11H,2-7H2,1H3,(H,14,16)(H,15,18). The zero-order valence-electron chi connectivity index (χ0n) is 11.2. The van der Waals surface area contributed by atoms with Crippen LogP contribution in [0.2, 0.25) is 0 Å². The van der Waals surface area contributed by atoms with E-state index < -0.39 is 0 Å². The molecule has 2 heterocycles. The Labute approximate surface area is 112 Å². The SMILES string of the molecule is CC(=O)NCCC1CCCCN1C(=O)c1cnc[nH]1. The number of carbonyl (C=O) groups excluding carboxylic acids is 2. The Kier molecular flexibility index (Phi) is 4.54. The molecule has 6 nitrogen and oxygen atoms in total. The summed E-state index contributed by atoms with van der Waals surface area (Å²) in [6, 6.07) is 0.205. The number of aromatic nitrogens is 2. The Morgan fingerprint density at radius 2 is 2.37 bits per heavy atom. The summed E-state index contributed by atoms with van der Waals surface area (Å²) >= 11 is 0. The molecule has 0 saturated carbocycles. The van der Waals surface area contributed by atoms with Crippen LogP contribution in [0, 0.1) is 0 Å². The second-order valence-corrected chi connectivity index (χ2v) is 4.89. The van der Waals surface area contributed by atoms with Gasteiger partial charge in [-0.3, -0.25) is 9.59 Å². The van der Waals surface area contributed by atoms with Gasteiger partial charge < -0.3 is 15.2 Å². The van der Waals surface area contributed by atoms with Crippen molar-refractivity contribution < 1.29 is 9.59 Å². The molecule has 1 unspecified atom stereocenters. The van der Waals surface area contributed by atoms with Crippen LogP contribution in [-0.4, -0.2) is 45.8 Å². The largest absolute Gasteiger partial charge is 0.356 e. The predicted molar refractivity (Wildman–Crippen MR) is 70.6 cm³/mol. The summed E-state index contributed by atoms with van der Waals surface area (Å²) in [6.45, 7) is 2.91. The lowest BCUT2D eigenvalue weighted by Gasteiger charge is -2.35. The first kappa shape index (κ1) is 13.6. The van der Waals surface area contributed by atoms with E-state index in [2.05, 4.69) is 15.3 Å². The van der Waals surface area contributed by atoms with E-state index in [4.69, 9.17) is 0 Å². The molecule has 2 rings (SSSR count). The Balaban J connectivity index is 1.95. The summed E-state index contributed by atoms with van der Waals surface area (Å²) in [5.74, 6) is -0.0210. The Hall–Kier alpha value is -1.85. The van der Waals surface area contributed by atoms with E-state index in [1.807, 2.05) is 4.90 Å². The number of hydrogen-bond acceptors (Lipinski definition) is 3. The van der Waals surface area contributed by atoms with Crippen molar-refractivity contribution in [3.63, 3.8) is 0 Å². The van der Waals surface area contributed by atoms with Crippen LogP contribution >= 0.6 is 0 Å². The molecule has 2 amide bonds. The minimum absolute atomic E-state index is 0.00465. The molecule has 0 bridgehead atoms. The Morgan fingerprint density at radius 3 is 3.05 bits per heavy atom. The molecule has 19 heavy (non-hydrogen) atoms. The summed E-state index contributed by atoms with van der Waals surface area (Å²) in [6.07, 6.45) is 7.05. The molecule has 1 aliphatic heterocycles. The van der Waals surface area contributed by atoms with Gasteiger partial charge in [0.1, 0.15) is 5.69 Å². The molecule has 0 radical (unpaired) electrons. The molecule has 1 fully saturated rings. The van der Waals surface area contributed by atoms with Gasteiger partial charge in [-0.25, -0.2) is 4.98 Å². The lowest BCUT2D eigenvalue weighted by atomic mass is 9.99. The Bertz CT molecular complexity index is 430. The maximum absolute atomic E-state index is 12.3. The summed E-state index contributed by atoms with van der Waals surface area (Å²) < 4.78 is 0. The van der Waals surface area contributed by atoms with Crippen LogP contribution in [0.25, 0.3) is 0 Å². The highest BCUT2D eigenvalue weighted by Gasteiger charge is 2.27. The maximum Gasteiger partial charge on any atom is 0.272 e. The first-order chi connectivity index (χ1) is 9.18. The number of piperidine rings is 1. The normalized spacial score (nSPS) is 19.2. The van der Waals surface area contributed by atoms with Gasteiger partial charge in [-0.1, -0.05) is 0 Å². The van der Waals surface area contributed by atoms with E-state index in [0.29, 0.717) is 12.2 Å². The number of imidazole rings is 1. The molecular formula is C13H20N4O2. The zero-order chi connectivity index (χ0) is 13.7. The first-order valence-corrected chi connectivity index (χ1v) is 6.72. The van der Waals surface area contributed by atoms with Crippen molar-refractivity contribution in [3.8, 4) is 0 Å². The number of nitrogens with zero attached hydrogens (tertiary/aromatic N) is 2. The number of hydrogen-bond donors (Lipinski definition) is 2. The number of aromatic amines is 1. The number of carbonyl (C=O) groups is 2. The molecule has 0 spiro atoms. The van der Waals surface area contributed by atoms with Crippen molar-refractivity contribution in [3.05, 3.63) is 18.2 Å². The van der Waals surface area contributed by atoms with Crippen LogP contribution < -0.4 is 5.32 Å². The van der Waals surface area contributed by atoms with E-state index in [1.54, 1.807) is 6.20 Å². The fraction of sp³-hybridized carbons (Fsp3) is 0.615. The fourth-order valence-electron chi connectivity index (χ4n) is 2.51. The van der Waals surface area contributed by atoms with Gasteiger partial charge in [0.05, 0.1) is 12.5 Å². The van der Waals surface area contributed by atoms with Gasteiger partial charge in [0.2, 0.25) is 5.91 Å². The van der Waals surface area contributed by atoms with E-state index in [-0.39, 0.29) is 17.9 Å². The monoisotopic (exact) mass is 264 g/mol. The molecule has 1 aliphatic rings. The number of H-pyrrole nitrogens is 1. The maximum atomic E-state index is 12.3. The summed E-state index contributed by atoms with van der Waals surface area (Å²) in [7, 11) is 0. The highest BCUT2D eigenvalue weighted by molar-refractivity contribution is 5.92. The van der Waals surface area contributed by atoms with Crippen LogP contribution in [0.3, 0.4) is 0 Å². The van der Waals surface area contributed by atoms with Gasteiger partial charge in [-0.05, 0) is 25.7 Å². The molecular weight excluding hydrogens is 244 g/mol. The average Bonchev–Trinajstić information content (AvgIpc) is 2.92. The molecule has 2 N–H and O–H groups in total.